The number of nitrogens with two attached hydrogens (primary N) is 1. The van der Waals surface area contributed by atoms with E-state index in [1.807, 2.05) is 25.7 Å². The molecule has 0 saturated carbocycles. The van der Waals surface area contributed by atoms with Gasteiger partial charge in [0.1, 0.15) is 0 Å². The van der Waals surface area contributed by atoms with Crippen molar-refractivity contribution < 1.29 is 0 Å². The maximum Gasteiger partial charge on any atom is 0.222 e. The lowest BCUT2D eigenvalue weighted by Crippen LogP contribution is -1.99. The molecule has 2 heterocycles. The van der Waals surface area contributed by atoms with E-state index in [2.05, 4.69) is 21.4 Å². The largest absolute Gasteiger partial charge is 0.368 e. The lowest BCUT2D eigenvalue weighted by Gasteiger charge is -2.01. The van der Waals surface area contributed by atoms with Gasteiger partial charge in [-0.2, -0.15) is 5.10 Å². The van der Waals surface area contributed by atoms with Gasteiger partial charge < -0.3 is 5.73 Å². The molecule has 2 rings (SSSR count). The quantitative estimate of drug-likeness (QED) is 0.798. The lowest BCUT2D eigenvalue weighted by atomic mass is 10.4. The third-order valence-electron chi connectivity index (χ3n) is 2.32. The van der Waals surface area contributed by atoms with Crippen LogP contribution in [0.15, 0.2) is 11.2 Å². The van der Waals surface area contributed by atoms with E-state index in [1.165, 1.54) is 0 Å². The van der Waals surface area contributed by atoms with Gasteiger partial charge in [0, 0.05) is 25.5 Å². The van der Waals surface area contributed by atoms with Crippen molar-refractivity contribution in [3.8, 4) is 0 Å². The molecule has 2 aromatic rings. The van der Waals surface area contributed by atoms with Crippen molar-refractivity contribution in [1.82, 2.24) is 24.5 Å². The van der Waals surface area contributed by atoms with E-state index >= 15 is 0 Å². The van der Waals surface area contributed by atoms with Crippen LogP contribution in [0.2, 0.25) is 0 Å². The number of thioether (sulfide) groups is 1. The first-order valence-corrected chi connectivity index (χ1v) is 5.83. The summed E-state index contributed by atoms with van der Waals surface area (Å²) >= 11 is 1.60. The summed E-state index contributed by atoms with van der Waals surface area (Å²) in [5, 5.41) is 12.9. The third-order valence-corrected chi connectivity index (χ3v) is 3.37. The van der Waals surface area contributed by atoms with Gasteiger partial charge in [0.25, 0.3) is 0 Å². The van der Waals surface area contributed by atoms with E-state index in [9.17, 15) is 0 Å². The fraction of sp³-hybridized carbons (Fsp3) is 0.444. The summed E-state index contributed by atoms with van der Waals surface area (Å²) in [5.74, 6) is 1.24. The molecule has 0 aliphatic rings. The molecule has 16 heavy (non-hydrogen) atoms. The molecule has 0 amide bonds. The molecule has 2 aromatic heterocycles. The number of rotatable bonds is 3. The molecule has 2 N–H and O–H groups in total. The van der Waals surface area contributed by atoms with Crippen molar-refractivity contribution >= 4 is 17.7 Å². The van der Waals surface area contributed by atoms with E-state index in [0.29, 0.717) is 5.95 Å². The zero-order chi connectivity index (χ0) is 11.7. The van der Waals surface area contributed by atoms with Crippen molar-refractivity contribution in [2.45, 2.75) is 17.8 Å². The molecule has 7 heteroatoms. The van der Waals surface area contributed by atoms with Gasteiger partial charge in [-0.05, 0) is 13.0 Å². The predicted molar refractivity (Wildman–Crippen MR) is 62.9 cm³/mol. The molecule has 0 fully saturated rings. The second kappa shape index (κ2) is 4.17. The zero-order valence-electron chi connectivity index (χ0n) is 9.51. The molecule has 0 radical (unpaired) electrons. The van der Waals surface area contributed by atoms with Crippen LogP contribution in [0.25, 0.3) is 0 Å². The molecule has 0 aromatic carbocycles. The normalized spacial score (nSPS) is 10.9. The minimum atomic E-state index is 0.434. The number of aromatic nitrogens is 5. The van der Waals surface area contributed by atoms with Crippen molar-refractivity contribution in [3.05, 3.63) is 17.5 Å². The average Bonchev–Trinajstić information content (AvgIpc) is 2.70. The number of aryl methyl sites for hydroxylation is 2. The summed E-state index contributed by atoms with van der Waals surface area (Å²) in [6, 6.07) is 2.06. The van der Waals surface area contributed by atoms with Crippen LogP contribution in [-0.2, 0) is 19.8 Å². The van der Waals surface area contributed by atoms with Gasteiger partial charge >= 0.3 is 0 Å². The molecule has 6 nitrogen and oxygen atoms in total. The Kier molecular flexibility index (Phi) is 2.86. The van der Waals surface area contributed by atoms with Crippen LogP contribution in [0.5, 0.6) is 0 Å². The molecule has 86 valence electrons. The van der Waals surface area contributed by atoms with E-state index < -0.39 is 0 Å². The summed E-state index contributed by atoms with van der Waals surface area (Å²) in [6.07, 6.45) is 0. The lowest BCUT2D eigenvalue weighted by molar-refractivity contribution is 0.726. The van der Waals surface area contributed by atoms with Crippen LogP contribution in [0.3, 0.4) is 0 Å². The van der Waals surface area contributed by atoms with Gasteiger partial charge in [0.15, 0.2) is 5.16 Å². The van der Waals surface area contributed by atoms with Crippen molar-refractivity contribution in [2.75, 3.05) is 5.73 Å². The number of hydrogen-bond donors (Lipinski definition) is 1. The first-order chi connectivity index (χ1) is 7.58. The SMILES string of the molecule is Cc1cc(CSc2nnc(N)n2C)n(C)n1. The van der Waals surface area contributed by atoms with Crippen LogP contribution < -0.4 is 5.73 Å². The fourth-order valence-electron chi connectivity index (χ4n) is 1.39. The van der Waals surface area contributed by atoms with Crippen molar-refractivity contribution in [1.29, 1.82) is 0 Å². The van der Waals surface area contributed by atoms with Crippen molar-refractivity contribution in [2.24, 2.45) is 14.1 Å². The molecule has 0 aliphatic heterocycles. The smallest absolute Gasteiger partial charge is 0.222 e. The Bertz CT molecular complexity index is 498. The Morgan fingerprint density at radius 3 is 2.62 bits per heavy atom. The van der Waals surface area contributed by atoms with Gasteiger partial charge in [-0.15, -0.1) is 10.2 Å². The van der Waals surface area contributed by atoms with Crippen molar-refractivity contribution in [3.63, 3.8) is 0 Å². The second-order valence-electron chi connectivity index (χ2n) is 3.59. The molecule has 0 aliphatic carbocycles. The summed E-state index contributed by atoms with van der Waals surface area (Å²) < 4.78 is 3.65. The fourth-order valence-corrected chi connectivity index (χ4v) is 2.32. The molecule has 0 atom stereocenters. The maximum atomic E-state index is 5.60. The highest BCUT2D eigenvalue weighted by Gasteiger charge is 2.08. The van der Waals surface area contributed by atoms with Crippen LogP contribution in [0, 0.1) is 6.92 Å². The highest BCUT2D eigenvalue weighted by molar-refractivity contribution is 7.98. The molecule has 0 spiro atoms. The molecule has 0 unspecified atom stereocenters. The number of nitrogens with zero attached hydrogens (tertiary/aromatic N) is 5. The molecule has 0 bridgehead atoms. The minimum Gasteiger partial charge on any atom is -0.368 e. The molecule has 0 saturated heterocycles. The predicted octanol–water partition coefficient (Wildman–Crippen LogP) is 0.732. The van der Waals surface area contributed by atoms with Crippen LogP contribution in [0.1, 0.15) is 11.4 Å². The van der Waals surface area contributed by atoms with E-state index in [1.54, 1.807) is 16.3 Å². The van der Waals surface area contributed by atoms with Gasteiger partial charge in [0.05, 0.1) is 5.69 Å². The number of anilines is 1. The monoisotopic (exact) mass is 238 g/mol. The van der Waals surface area contributed by atoms with E-state index in [-0.39, 0.29) is 0 Å². The minimum absolute atomic E-state index is 0.434. The summed E-state index contributed by atoms with van der Waals surface area (Å²) in [6.45, 7) is 1.98. The van der Waals surface area contributed by atoms with Gasteiger partial charge in [0.2, 0.25) is 5.95 Å². The Labute approximate surface area is 97.8 Å². The van der Waals surface area contributed by atoms with Gasteiger partial charge in [-0.3, -0.25) is 9.25 Å². The topological polar surface area (TPSA) is 74.5 Å². The van der Waals surface area contributed by atoms with Crippen LogP contribution in [-0.4, -0.2) is 24.5 Å². The van der Waals surface area contributed by atoms with E-state index in [4.69, 9.17) is 5.73 Å². The summed E-state index contributed by atoms with van der Waals surface area (Å²) in [4.78, 5) is 0. The van der Waals surface area contributed by atoms with Crippen LogP contribution in [0.4, 0.5) is 5.95 Å². The maximum absolute atomic E-state index is 5.60. The highest BCUT2D eigenvalue weighted by atomic mass is 32.2. The van der Waals surface area contributed by atoms with Gasteiger partial charge in [-0.25, -0.2) is 0 Å². The third kappa shape index (κ3) is 2.04. The van der Waals surface area contributed by atoms with Crippen LogP contribution >= 0.6 is 11.8 Å². The Morgan fingerprint density at radius 1 is 1.38 bits per heavy atom. The first-order valence-electron chi connectivity index (χ1n) is 4.85. The highest BCUT2D eigenvalue weighted by Crippen LogP contribution is 2.21. The van der Waals surface area contributed by atoms with Gasteiger partial charge in [-0.1, -0.05) is 11.8 Å². The zero-order valence-corrected chi connectivity index (χ0v) is 10.3. The second-order valence-corrected chi connectivity index (χ2v) is 4.53. The Hall–Kier alpha value is -1.50. The molecular formula is C9H14N6S. The summed E-state index contributed by atoms with van der Waals surface area (Å²) in [5.41, 5.74) is 7.78. The number of nitrogen functional groups attached to an aromatic ring is 1. The number of hydrogen-bond acceptors (Lipinski definition) is 5. The standard InChI is InChI=1S/C9H14N6S/c1-6-4-7(15(3)13-6)5-16-9-12-11-8(10)14(9)2/h4H,5H2,1-3H3,(H2,10,11). The van der Waals surface area contributed by atoms with E-state index in [0.717, 1.165) is 22.3 Å². The summed E-state index contributed by atoms with van der Waals surface area (Å²) in [7, 11) is 3.79. The Morgan fingerprint density at radius 2 is 2.12 bits per heavy atom. The first kappa shape index (κ1) is 11.0. The average molecular weight is 238 g/mol. The Balaban J connectivity index is 2.08. The molecular weight excluding hydrogens is 224 g/mol.